The Morgan fingerprint density at radius 3 is 2.78 bits per heavy atom. The van der Waals surface area contributed by atoms with Crippen LogP contribution >= 0.6 is 0 Å². The highest BCUT2D eigenvalue weighted by molar-refractivity contribution is 5.95. The quantitative estimate of drug-likeness (QED) is 0.774. The Hall–Kier alpha value is -1.59. The van der Waals surface area contributed by atoms with Gasteiger partial charge in [-0.15, -0.1) is 0 Å². The smallest absolute Gasteiger partial charge is 0.255 e. The van der Waals surface area contributed by atoms with E-state index in [1.165, 1.54) is 0 Å². The molecule has 1 aliphatic rings. The zero-order valence-electron chi connectivity index (χ0n) is 10.7. The molecule has 0 aliphatic carbocycles. The summed E-state index contributed by atoms with van der Waals surface area (Å²) in [5.74, 6) is -0.193. The van der Waals surface area contributed by atoms with Gasteiger partial charge in [0.1, 0.15) is 0 Å². The molecule has 2 rings (SSSR count). The van der Waals surface area contributed by atoms with Gasteiger partial charge in [-0.1, -0.05) is 6.07 Å². The van der Waals surface area contributed by atoms with Crippen molar-refractivity contribution in [2.24, 2.45) is 0 Å². The van der Waals surface area contributed by atoms with Gasteiger partial charge in [0.05, 0.1) is 19.8 Å². The van der Waals surface area contributed by atoms with Gasteiger partial charge in [0.2, 0.25) is 0 Å². The molecule has 1 saturated heterocycles. The summed E-state index contributed by atoms with van der Waals surface area (Å²) in [6.45, 7) is 5.16. The molecule has 1 atom stereocenters. The molecule has 5 heteroatoms. The van der Waals surface area contributed by atoms with Gasteiger partial charge in [-0.2, -0.15) is 0 Å². The largest absolute Gasteiger partial charge is 0.398 e. The van der Waals surface area contributed by atoms with E-state index in [1.54, 1.807) is 6.07 Å². The Morgan fingerprint density at radius 2 is 2.11 bits per heavy atom. The fourth-order valence-electron chi connectivity index (χ4n) is 1.86. The molecule has 1 unspecified atom stereocenters. The predicted octanol–water partition coefficient (Wildman–Crippen LogP) is 1.24. The second-order valence-corrected chi connectivity index (χ2v) is 4.45. The second kappa shape index (κ2) is 5.37. The molecule has 18 heavy (non-hydrogen) atoms. The molecule has 0 radical (unpaired) electrons. The van der Waals surface area contributed by atoms with E-state index in [0.29, 0.717) is 25.5 Å². The number of anilines is 2. The highest BCUT2D eigenvalue weighted by atomic mass is 16.6. The number of amides is 1. The molecule has 1 aromatic carbocycles. The Balaban J connectivity index is 2.08. The van der Waals surface area contributed by atoms with E-state index in [4.69, 9.17) is 15.2 Å². The first kappa shape index (κ1) is 12.9. The number of nitrogen functional groups attached to an aromatic ring is 1. The van der Waals surface area contributed by atoms with Crippen molar-refractivity contribution in [3.63, 3.8) is 0 Å². The third-order valence-electron chi connectivity index (χ3n) is 2.98. The molecule has 98 valence electrons. The van der Waals surface area contributed by atoms with Crippen LogP contribution in [0.2, 0.25) is 0 Å². The van der Waals surface area contributed by atoms with E-state index in [9.17, 15) is 4.79 Å². The highest BCUT2D eigenvalue weighted by Gasteiger charge is 2.23. The maximum atomic E-state index is 12.0. The molecule has 1 fully saturated rings. The Morgan fingerprint density at radius 1 is 1.33 bits per heavy atom. The van der Waals surface area contributed by atoms with Crippen LogP contribution < -0.4 is 11.1 Å². The van der Waals surface area contributed by atoms with Crippen LogP contribution in [0.5, 0.6) is 0 Å². The van der Waals surface area contributed by atoms with E-state index in [2.05, 4.69) is 5.32 Å². The molecular weight excluding hydrogens is 232 g/mol. The highest BCUT2D eigenvalue weighted by Crippen LogP contribution is 2.22. The number of nitrogens with one attached hydrogen (secondary N) is 1. The number of carbonyl (C=O) groups excluding carboxylic acids is 1. The minimum atomic E-state index is -0.541. The van der Waals surface area contributed by atoms with E-state index in [-0.39, 0.29) is 5.91 Å². The fraction of sp³-hybridized carbons (Fsp3) is 0.462. The number of hydrogen-bond acceptors (Lipinski definition) is 4. The number of ether oxygens (including phenoxy) is 2. The standard InChI is InChI=1S/C13H18N2O3/c1-8-5-9(2)11(6-10(8)14)15-13(16)12-7-17-3-4-18-12/h5-6,12H,3-4,7,14H2,1-2H3,(H,15,16). The zero-order valence-corrected chi connectivity index (χ0v) is 10.7. The van der Waals surface area contributed by atoms with Crippen LogP contribution in [0.25, 0.3) is 0 Å². The molecule has 5 nitrogen and oxygen atoms in total. The second-order valence-electron chi connectivity index (χ2n) is 4.45. The molecule has 1 aromatic rings. The van der Waals surface area contributed by atoms with Gasteiger partial charge in [-0.05, 0) is 31.0 Å². The molecule has 0 aromatic heterocycles. The summed E-state index contributed by atoms with van der Waals surface area (Å²) in [6, 6.07) is 3.72. The molecule has 0 bridgehead atoms. The summed E-state index contributed by atoms with van der Waals surface area (Å²) >= 11 is 0. The predicted molar refractivity (Wildman–Crippen MR) is 69.5 cm³/mol. The fourth-order valence-corrected chi connectivity index (χ4v) is 1.86. The molecule has 0 saturated carbocycles. The van der Waals surface area contributed by atoms with Crippen molar-refractivity contribution in [1.29, 1.82) is 0 Å². The van der Waals surface area contributed by atoms with Crippen molar-refractivity contribution in [2.45, 2.75) is 20.0 Å². The lowest BCUT2D eigenvalue weighted by Gasteiger charge is -2.22. The average Bonchev–Trinajstić information content (AvgIpc) is 2.37. The van der Waals surface area contributed by atoms with Crippen LogP contribution in [0.15, 0.2) is 12.1 Å². The molecule has 1 heterocycles. The summed E-state index contributed by atoms with van der Waals surface area (Å²) in [4.78, 5) is 12.0. The van der Waals surface area contributed by atoms with Crippen molar-refractivity contribution in [3.05, 3.63) is 23.3 Å². The minimum Gasteiger partial charge on any atom is -0.398 e. The van der Waals surface area contributed by atoms with Crippen molar-refractivity contribution < 1.29 is 14.3 Å². The first-order chi connectivity index (χ1) is 8.58. The van der Waals surface area contributed by atoms with Gasteiger partial charge in [0.15, 0.2) is 6.10 Å². The molecule has 1 amide bonds. The normalized spacial score (nSPS) is 19.6. The molecule has 0 spiro atoms. The van der Waals surface area contributed by atoms with Crippen LogP contribution in [0, 0.1) is 13.8 Å². The maximum absolute atomic E-state index is 12.0. The monoisotopic (exact) mass is 250 g/mol. The number of carbonyl (C=O) groups is 1. The SMILES string of the molecule is Cc1cc(C)c(NC(=O)C2COCCO2)cc1N. The topological polar surface area (TPSA) is 73.6 Å². The van der Waals surface area contributed by atoms with Crippen molar-refractivity contribution in [2.75, 3.05) is 30.9 Å². The zero-order chi connectivity index (χ0) is 13.1. The van der Waals surface area contributed by atoms with Crippen LogP contribution in [0.1, 0.15) is 11.1 Å². The summed E-state index contributed by atoms with van der Waals surface area (Å²) in [7, 11) is 0. The van der Waals surface area contributed by atoms with E-state index in [1.807, 2.05) is 19.9 Å². The van der Waals surface area contributed by atoms with Gasteiger partial charge in [-0.3, -0.25) is 4.79 Å². The van der Waals surface area contributed by atoms with Gasteiger partial charge in [-0.25, -0.2) is 0 Å². The first-order valence-electron chi connectivity index (χ1n) is 5.95. The lowest BCUT2D eigenvalue weighted by Crippen LogP contribution is -2.39. The molecule has 3 N–H and O–H groups in total. The van der Waals surface area contributed by atoms with E-state index >= 15 is 0 Å². The Bertz CT molecular complexity index is 454. The first-order valence-corrected chi connectivity index (χ1v) is 5.95. The lowest BCUT2D eigenvalue weighted by atomic mass is 10.1. The number of benzene rings is 1. The van der Waals surface area contributed by atoms with Gasteiger partial charge in [0, 0.05) is 11.4 Å². The van der Waals surface area contributed by atoms with Gasteiger partial charge in [0.25, 0.3) is 5.91 Å². The van der Waals surface area contributed by atoms with Crippen molar-refractivity contribution in [1.82, 2.24) is 0 Å². The van der Waals surface area contributed by atoms with Gasteiger partial charge >= 0.3 is 0 Å². The number of aryl methyl sites for hydroxylation is 2. The number of hydrogen-bond donors (Lipinski definition) is 2. The third-order valence-corrected chi connectivity index (χ3v) is 2.98. The van der Waals surface area contributed by atoms with Crippen molar-refractivity contribution >= 4 is 17.3 Å². The molecular formula is C13H18N2O3. The van der Waals surface area contributed by atoms with Crippen LogP contribution in [-0.4, -0.2) is 31.8 Å². The lowest BCUT2D eigenvalue weighted by molar-refractivity contribution is -0.142. The van der Waals surface area contributed by atoms with E-state index < -0.39 is 6.10 Å². The summed E-state index contributed by atoms with van der Waals surface area (Å²) in [5.41, 5.74) is 9.20. The number of rotatable bonds is 2. The average molecular weight is 250 g/mol. The summed E-state index contributed by atoms with van der Waals surface area (Å²) in [5, 5.41) is 2.82. The van der Waals surface area contributed by atoms with Crippen molar-refractivity contribution in [3.8, 4) is 0 Å². The minimum absolute atomic E-state index is 0.193. The maximum Gasteiger partial charge on any atom is 0.255 e. The van der Waals surface area contributed by atoms with Crippen LogP contribution in [0.4, 0.5) is 11.4 Å². The van der Waals surface area contributed by atoms with Gasteiger partial charge < -0.3 is 20.5 Å². The summed E-state index contributed by atoms with van der Waals surface area (Å²) in [6.07, 6.45) is -0.541. The number of nitrogens with two attached hydrogens (primary N) is 1. The Labute approximate surface area is 106 Å². The van der Waals surface area contributed by atoms with E-state index in [0.717, 1.165) is 16.8 Å². The summed E-state index contributed by atoms with van der Waals surface area (Å²) < 4.78 is 10.5. The van der Waals surface area contributed by atoms with Crippen LogP contribution in [-0.2, 0) is 14.3 Å². The molecule has 1 aliphatic heterocycles. The Kier molecular flexibility index (Phi) is 3.84. The third kappa shape index (κ3) is 2.80. The van der Waals surface area contributed by atoms with Crippen LogP contribution in [0.3, 0.4) is 0 Å².